The number of hydrogen-bond donors (Lipinski definition) is 1. The van der Waals surface area contributed by atoms with Crippen LogP contribution in [0.2, 0.25) is 0 Å². The molecule has 0 radical (unpaired) electrons. The fraction of sp³-hybridized carbons (Fsp3) is 0.500. The van der Waals surface area contributed by atoms with Gasteiger partial charge < -0.3 is 10.6 Å². The van der Waals surface area contributed by atoms with Gasteiger partial charge in [-0.3, -0.25) is 4.79 Å². The first-order valence-electron chi connectivity index (χ1n) is 6.45. The summed E-state index contributed by atoms with van der Waals surface area (Å²) in [6, 6.07) is 5.94. The average Bonchev–Trinajstić information content (AvgIpc) is 2.25. The second-order valence-corrected chi connectivity index (χ2v) is 5.11. The number of anilines is 2. The van der Waals surface area contributed by atoms with E-state index in [1.165, 1.54) is 12.0 Å². The number of benzene rings is 1. The molecular weight excluding hydrogens is 212 g/mol. The van der Waals surface area contributed by atoms with Crippen LogP contribution in [0, 0.1) is 5.92 Å². The third-order valence-electron chi connectivity index (χ3n) is 3.95. The van der Waals surface area contributed by atoms with Crippen molar-refractivity contribution in [2.75, 3.05) is 17.2 Å². The van der Waals surface area contributed by atoms with Gasteiger partial charge in [0.1, 0.15) is 0 Å². The molecule has 90 valence electrons. The van der Waals surface area contributed by atoms with Gasteiger partial charge in [-0.2, -0.15) is 0 Å². The quantitative estimate of drug-likeness (QED) is 0.753. The van der Waals surface area contributed by atoms with E-state index in [-0.39, 0.29) is 5.92 Å². The summed E-state index contributed by atoms with van der Waals surface area (Å²) in [5, 5.41) is 0. The molecule has 0 saturated heterocycles. The van der Waals surface area contributed by atoms with E-state index in [0.29, 0.717) is 5.91 Å². The molecule has 17 heavy (non-hydrogen) atoms. The van der Waals surface area contributed by atoms with E-state index in [2.05, 4.69) is 6.07 Å². The van der Waals surface area contributed by atoms with E-state index in [1.54, 1.807) is 0 Å². The molecular formula is C14H18N2O. The van der Waals surface area contributed by atoms with Crippen LogP contribution in [0.15, 0.2) is 18.2 Å². The number of nitrogens with zero attached hydrogens (tertiary/aromatic N) is 1. The Morgan fingerprint density at radius 1 is 1.29 bits per heavy atom. The van der Waals surface area contributed by atoms with Gasteiger partial charge in [0.15, 0.2) is 0 Å². The fourth-order valence-corrected chi connectivity index (χ4v) is 2.70. The summed E-state index contributed by atoms with van der Waals surface area (Å²) in [6.45, 7) is 0.853. The summed E-state index contributed by atoms with van der Waals surface area (Å²) in [5.41, 5.74) is 8.89. The van der Waals surface area contributed by atoms with Crippen LogP contribution in [-0.2, 0) is 11.2 Å². The van der Waals surface area contributed by atoms with Crippen LogP contribution in [0.5, 0.6) is 0 Å². The molecule has 1 heterocycles. The molecule has 1 aliphatic heterocycles. The van der Waals surface area contributed by atoms with Gasteiger partial charge in [0, 0.05) is 23.8 Å². The number of carbonyl (C=O) groups is 1. The second kappa shape index (κ2) is 4.06. The summed E-state index contributed by atoms with van der Waals surface area (Å²) < 4.78 is 0. The Morgan fingerprint density at radius 3 is 2.82 bits per heavy atom. The summed E-state index contributed by atoms with van der Waals surface area (Å²) in [7, 11) is 0. The van der Waals surface area contributed by atoms with Crippen LogP contribution in [0.25, 0.3) is 0 Å². The van der Waals surface area contributed by atoms with Crippen molar-refractivity contribution < 1.29 is 4.79 Å². The molecule has 0 bridgehead atoms. The van der Waals surface area contributed by atoms with Crippen LogP contribution in [0.3, 0.4) is 0 Å². The van der Waals surface area contributed by atoms with Crippen molar-refractivity contribution in [2.45, 2.75) is 32.1 Å². The molecule has 0 aromatic heterocycles. The number of nitrogen functional groups attached to an aromatic ring is 1. The van der Waals surface area contributed by atoms with Gasteiger partial charge in [-0.15, -0.1) is 0 Å². The average molecular weight is 230 g/mol. The Balaban J connectivity index is 1.92. The summed E-state index contributed by atoms with van der Waals surface area (Å²) in [6.07, 6.45) is 5.45. The van der Waals surface area contributed by atoms with Gasteiger partial charge in [0.2, 0.25) is 5.91 Å². The summed E-state index contributed by atoms with van der Waals surface area (Å²) in [5.74, 6) is 0.574. The Labute approximate surface area is 102 Å². The van der Waals surface area contributed by atoms with E-state index in [1.807, 2.05) is 17.0 Å². The highest BCUT2D eigenvalue weighted by Crippen LogP contribution is 2.34. The minimum atomic E-state index is 0.266. The molecule has 1 aliphatic carbocycles. The van der Waals surface area contributed by atoms with E-state index >= 15 is 0 Å². The second-order valence-electron chi connectivity index (χ2n) is 5.11. The monoisotopic (exact) mass is 230 g/mol. The number of carbonyl (C=O) groups excluding carboxylic acids is 1. The SMILES string of the molecule is Nc1ccc2c(c1)N(C(=O)C1CCC1)CCC2. The molecule has 3 rings (SSSR count). The van der Waals surface area contributed by atoms with E-state index < -0.39 is 0 Å². The number of hydrogen-bond acceptors (Lipinski definition) is 2. The normalized spacial score (nSPS) is 19.6. The van der Waals surface area contributed by atoms with Gasteiger partial charge in [0.25, 0.3) is 0 Å². The first-order chi connectivity index (χ1) is 8.25. The van der Waals surface area contributed by atoms with Crippen molar-refractivity contribution in [1.29, 1.82) is 0 Å². The van der Waals surface area contributed by atoms with Crippen LogP contribution < -0.4 is 10.6 Å². The predicted molar refractivity (Wildman–Crippen MR) is 68.9 cm³/mol. The first-order valence-corrected chi connectivity index (χ1v) is 6.45. The number of nitrogens with two attached hydrogens (primary N) is 1. The highest BCUT2D eigenvalue weighted by atomic mass is 16.2. The first kappa shape index (κ1) is 10.6. The van der Waals surface area contributed by atoms with Crippen molar-refractivity contribution in [2.24, 2.45) is 5.92 Å². The molecule has 1 saturated carbocycles. The molecule has 0 atom stereocenters. The predicted octanol–water partition coefficient (Wildman–Crippen LogP) is 2.35. The molecule has 1 amide bonds. The molecule has 3 heteroatoms. The molecule has 0 unspecified atom stereocenters. The van der Waals surface area contributed by atoms with Crippen LogP contribution in [-0.4, -0.2) is 12.5 Å². The number of aryl methyl sites for hydroxylation is 1. The van der Waals surface area contributed by atoms with Crippen molar-refractivity contribution in [3.05, 3.63) is 23.8 Å². The highest BCUT2D eigenvalue weighted by molar-refractivity contribution is 5.97. The minimum absolute atomic E-state index is 0.266. The van der Waals surface area contributed by atoms with Crippen molar-refractivity contribution in [3.8, 4) is 0 Å². The molecule has 1 aromatic rings. The van der Waals surface area contributed by atoms with Crippen molar-refractivity contribution in [3.63, 3.8) is 0 Å². The van der Waals surface area contributed by atoms with Crippen molar-refractivity contribution in [1.82, 2.24) is 0 Å². The zero-order valence-electron chi connectivity index (χ0n) is 9.98. The van der Waals surface area contributed by atoms with Crippen LogP contribution in [0.4, 0.5) is 11.4 Å². The Bertz CT molecular complexity index is 452. The number of fused-ring (bicyclic) bond motifs is 1. The standard InChI is InChI=1S/C14H18N2O/c15-12-7-6-10-5-2-8-16(13(10)9-12)14(17)11-3-1-4-11/h6-7,9,11H,1-5,8,15H2. The maximum atomic E-state index is 12.3. The van der Waals surface area contributed by atoms with Gasteiger partial charge in [-0.05, 0) is 43.4 Å². The lowest BCUT2D eigenvalue weighted by atomic mass is 9.83. The lowest BCUT2D eigenvalue weighted by molar-refractivity contribution is -0.124. The van der Waals surface area contributed by atoms with E-state index in [0.717, 1.165) is 43.6 Å². The Morgan fingerprint density at radius 2 is 2.12 bits per heavy atom. The minimum Gasteiger partial charge on any atom is -0.399 e. The van der Waals surface area contributed by atoms with Gasteiger partial charge in [-0.1, -0.05) is 12.5 Å². The number of amides is 1. The van der Waals surface area contributed by atoms with Gasteiger partial charge >= 0.3 is 0 Å². The van der Waals surface area contributed by atoms with Gasteiger partial charge in [-0.25, -0.2) is 0 Å². The van der Waals surface area contributed by atoms with Crippen LogP contribution in [0.1, 0.15) is 31.2 Å². The lowest BCUT2D eigenvalue weighted by Gasteiger charge is -2.35. The molecule has 1 aromatic carbocycles. The maximum absolute atomic E-state index is 12.3. The third-order valence-corrected chi connectivity index (χ3v) is 3.95. The smallest absolute Gasteiger partial charge is 0.230 e. The van der Waals surface area contributed by atoms with Gasteiger partial charge in [0.05, 0.1) is 0 Å². The third kappa shape index (κ3) is 1.79. The molecule has 3 nitrogen and oxygen atoms in total. The molecule has 1 fully saturated rings. The largest absolute Gasteiger partial charge is 0.399 e. The van der Waals surface area contributed by atoms with E-state index in [4.69, 9.17) is 5.73 Å². The lowest BCUT2D eigenvalue weighted by Crippen LogP contribution is -2.41. The maximum Gasteiger partial charge on any atom is 0.230 e. The highest BCUT2D eigenvalue weighted by Gasteiger charge is 2.32. The zero-order valence-corrected chi connectivity index (χ0v) is 9.98. The zero-order chi connectivity index (χ0) is 11.8. The summed E-state index contributed by atoms with van der Waals surface area (Å²) >= 11 is 0. The Kier molecular flexibility index (Phi) is 2.54. The molecule has 2 N–H and O–H groups in total. The Hall–Kier alpha value is -1.51. The van der Waals surface area contributed by atoms with Crippen LogP contribution >= 0.6 is 0 Å². The molecule has 0 spiro atoms. The summed E-state index contributed by atoms with van der Waals surface area (Å²) in [4.78, 5) is 14.3. The fourth-order valence-electron chi connectivity index (χ4n) is 2.70. The topological polar surface area (TPSA) is 46.3 Å². The number of rotatable bonds is 1. The van der Waals surface area contributed by atoms with Crippen molar-refractivity contribution >= 4 is 17.3 Å². The molecule has 2 aliphatic rings. The van der Waals surface area contributed by atoms with E-state index in [9.17, 15) is 4.79 Å².